The Balaban J connectivity index is 3.70. The van der Waals surface area contributed by atoms with Crippen LogP contribution in [0.5, 0.6) is 0 Å². The third kappa shape index (κ3) is 23.6. The van der Waals surface area contributed by atoms with E-state index in [-0.39, 0.29) is 18.5 Å². The number of carbonyl (C=O) groups is 2. The van der Waals surface area contributed by atoms with Crippen molar-refractivity contribution in [3.63, 3.8) is 0 Å². The standard InChI is InChI=1S/C28H54O4/c1-3-5-7-8-9-10-11-12-13-18-21-25-28(31)32-26(22-6-4-2)23-19-16-14-15-17-20-24-27(29)30/h26H,3-25H2,1-2H3,(H,29,30). The second kappa shape index (κ2) is 24.6. The van der Waals surface area contributed by atoms with Gasteiger partial charge in [0.15, 0.2) is 0 Å². The van der Waals surface area contributed by atoms with Gasteiger partial charge in [-0.25, -0.2) is 0 Å². The van der Waals surface area contributed by atoms with Crippen molar-refractivity contribution in [1.82, 2.24) is 0 Å². The van der Waals surface area contributed by atoms with Crippen LogP contribution in [0, 0.1) is 0 Å². The van der Waals surface area contributed by atoms with E-state index in [0.29, 0.717) is 6.42 Å². The van der Waals surface area contributed by atoms with E-state index in [1.807, 2.05) is 0 Å². The van der Waals surface area contributed by atoms with E-state index >= 15 is 0 Å². The van der Waals surface area contributed by atoms with Crippen LogP contribution in [-0.2, 0) is 14.3 Å². The molecule has 0 spiro atoms. The van der Waals surface area contributed by atoms with Gasteiger partial charge in [0.05, 0.1) is 0 Å². The molecule has 0 saturated carbocycles. The second-order valence-corrected chi connectivity index (χ2v) is 9.59. The quantitative estimate of drug-likeness (QED) is 0.110. The van der Waals surface area contributed by atoms with Crippen LogP contribution in [0.4, 0.5) is 0 Å². The Morgan fingerprint density at radius 2 is 0.969 bits per heavy atom. The van der Waals surface area contributed by atoms with Crippen LogP contribution in [-0.4, -0.2) is 23.1 Å². The normalized spacial score (nSPS) is 12.1. The monoisotopic (exact) mass is 454 g/mol. The lowest BCUT2D eigenvalue weighted by molar-refractivity contribution is -0.150. The molecule has 1 N–H and O–H groups in total. The number of unbranched alkanes of at least 4 members (excludes halogenated alkanes) is 16. The molecule has 0 bridgehead atoms. The molecule has 0 heterocycles. The lowest BCUT2D eigenvalue weighted by Gasteiger charge is -2.18. The van der Waals surface area contributed by atoms with Crippen molar-refractivity contribution in [2.24, 2.45) is 0 Å². The zero-order chi connectivity index (χ0) is 23.7. The fourth-order valence-corrected chi connectivity index (χ4v) is 4.23. The highest BCUT2D eigenvalue weighted by Crippen LogP contribution is 2.17. The Labute approximate surface area is 199 Å². The smallest absolute Gasteiger partial charge is 0.306 e. The molecular weight excluding hydrogens is 400 g/mol. The van der Waals surface area contributed by atoms with E-state index in [1.54, 1.807) is 0 Å². The number of hydrogen-bond acceptors (Lipinski definition) is 3. The molecule has 0 aliphatic carbocycles. The van der Waals surface area contributed by atoms with Crippen LogP contribution in [0.2, 0.25) is 0 Å². The molecule has 0 saturated heterocycles. The van der Waals surface area contributed by atoms with Gasteiger partial charge >= 0.3 is 11.9 Å². The maximum absolute atomic E-state index is 12.3. The first-order valence-corrected chi connectivity index (χ1v) is 14.0. The SMILES string of the molecule is CCCCCCCCCCCCCC(=O)OC(CCCC)CCCCCCCCC(=O)O. The summed E-state index contributed by atoms with van der Waals surface area (Å²) in [6.07, 6.45) is 25.7. The van der Waals surface area contributed by atoms with E-state index in [9.17, 15) is 9.59 Å². The molecule has 0 aliphatic heterocycles. The molecule has 0 fully saturated rings. The molecule has 4 nitrogen and oxygen atoms in total. The average Bonchev–Trinajstić information content (AvgIpc) is 2.77. The zero-order valence-corrected chi connectivity index (χ0v) is 21.5. The van der Waals surface area contributed by atoms with Crippen molar-refractivity contribution in [1.29, 1.82) is 0 Å². The van der Waals surface area contributed by atoms with Gasteiger partial charge in [-0.2, -0.15) is 0 Å². The predicted molar refractivity (Wildman–Crippen MR) is 135 cm³/mol. The maximum atomic E-state index is 12.3. The topological polar surface area (TPSA) is 63.6 Å². The van der Waals surface area contributed by atoms with Crippen LogP contribution in [0.1, 0.15) is 162 Å². The highest BCUT2D eigenvalue weighted by atomic mass is 16.5. The van der Waals surface area contributed by atoms with Gasteiger partial charge in [0.1, 0.15) is 6.10 Å². The number of hydrogen-bond donors (Lipinski definition) is 1. The minimum atomic E-state index is -0.696. The summed E-state index contributed by atoms with van der Waals surface area (Å²) in [6, 6.07) is 0. The third-order valence-corrected chi connectivity index (χ3v) is 6.33. The van der Waals surface area contributed by atoms with Crippen LogP contribution in [0.15, 0.2) is 0 Å². The Morgan fingerprint density at radius 1 is 0.562 bits per heavy atom. The van der Waals surface area contributed by atoms with Crippen LogP contribution < -0.4 is 0 Å². The molecule has 0 aromatic rings. The maximum Gasteiger partial charge on any atom is 0.306 e. The zero-order valence-electron chi connectivity index (χ0n) is 21.5. The molecule has 4 heteroatoms. The highest BCUT2D eigenvalue weighted by molar-refractivity contribution is 5.69. The van der Waals surface area contributed by atoms with E-state index in [1.165, 1.54) is 57.8 Å². The summed E-state index contributed by atoms with van der Waals surface area (Å²) < 4.78 is 5.81. The molecule has 1 unspecified atom stereocenters. The molecule has 0 aromatic carbocycles. The molecule has 0 radical (unpaired) electrons. The van der Waals surface area contributed by atoms with Gasteiger partial charge in [0.2, 0.25) is 0 Å². The third-order valence-electron chi connectivity index (χ3n) is 6.33. The number of carbonyl (C=O) groups excluding carboxylic acids is 1. The number of aliphatic carboxylic acids is 1. The lowest BCUT2D eigenvalue weighted by Crippen LogP contribution is -2.18. The fraction of sp³-hybridized carbons (Fsp3) is 0.929. The molecule has 0 aromatic heterocycles. The van der Waals surface area contributed by atoms with Crippen molar-refractivity contribution in [2.75, 3.05) is 0 Å². The van der Waals surface area contributed by atoms with Crippen LogP contribution in [0.25, 0.3) is 0 Å². The summed E-state index contributed by atoms with van der Waals surface area (Å²) in [4.78, 5) is 22.8. The number of rotatable bonds is 25. The Bertz CT molecular complexity index is 422. The number of carboxylic acids is 1. The molecule has 0 amide bonds. The number of esters is 1. The van der Waals surface area contributed by atoms with Gasteiger partial charge in [-0.3, -0.25) is 9.59 Å². The van der Waals surface area contributed by atoms with Crippen LogP contribution in [0.3, 0.4) is 0 Å². The summed E-state index contributed by atoms with van der Waals surface area (Å²) in [5.74, 6) is -0.700. The lowest BCUT2D eigenvalue weighted by atomic mass is 10.0. The van der Waals surface area contributed by atoms with Gasteiger partial charge in [0, 0.05) is 12.8 Å². The Kier molecular flexibility index (Phi) is 23.8. The molecule has 0 aliphatic rings. The van der Waals surface area contributed by atoms with E-state index < -0.39 is 5.97 Å². The Hall–Kier alpha value is -1.06. The van der Waals surface area contributed by atoms with Gasteiger partial charge in [-0.1, -0.05) is 117 Å². The minimum absolute atomic E-state index is 0.00398. The van der Waals surface area contributed by atoms with Gasteiger partial charge in [-0.05, 0) is 32.1 Å². The molecule has 190 valence electrons. The van der Waals surface area contributed by atoms with Crippen LogP contribution >= 0.6 is 0 Å². The summed E-state index contributed by atoms with van der Waals surface area (Å²) in [6.45, 7) is 4.44. The van der Waals surface area contributed by atoms with Crippen molar-refractivity contribution >= 4 is 11.9 Å². The highest BCUT2D eigenvalue weighted by Gasteiger charge is 2.13. The van der Waals surface area contributed by atoms with E-state index in [4.69, 9.17) is 9.84 Å². The van der Waals surface area contributed by atoms with Gasteiger partial charge in [0.25, 0.3) is 0 Å². The predicted octanol–water partition coefficient (Wildman–Crippen LogP) is 8.99. The summed E-state index contributed by atoms with van der Waals surface area (Å²) in [7, 11) is 0. The molecule has 0 rings (SSSR count). The molecule has 1 atom stereocenters. The summed E-state index contributed by atoms with van der Waals surface area (Å²) in [5, 5.41) is 8.66. The van der Waals surface area contributed by atoms with Crippen molar-refractivity contribution in [2.45, 2.75) is 168 Å². The first-order chi connectivity index (χ1) is 15.6. The number of carboxylic acid groups (broad SMARTS) is 1. The second-order valence-electron chi connectivity index (χ2n) is 9.59. The largest absolute Gasteiger partial charge is 0.481 e. The fourth-order valence-electron chi connectivity index (χ4n) is 4.23. The van der Waals surface area contributed by atoms with Gasteiger partial charge < -0.3 is 9.84 Å². The van der Waals surface area contributed by atoms with Gasteiger partial charge in [-0.15, -0.1) is 0 Å². The number of ether oxygens (including phenoxy) is 1. The first kappa shape index (κ1) is 30.9. The average molecular weight is 455 g/mol. The first-order valence-electron chi connectivity index (χ1n) is 14.0. The minimum Gasteiger partial charge on any atom is -0.481 e. The van der Waals surface area contributed by atoms with E-state index in [0.717, 1.165) is 77.0 Å². The van der Waals surface area contributed by atoms with Crippen molar-refractivity contribution in [3.8, 4) is 0 Å². The van der Waals surface area contributed by atoms with Crippen molar-refractivity contribution in [3.05, 3.63) is 0 Å². The van der Waals surface area contributed by atoms with E-state index in [2.05, 4.69) is 13.8 Å². The van der Waals surface area contributed by atoms with Crippen molar-refractivity contribution < 1.29 is 19.4 Å². The summed E-state index contributed by atoms with van der Waals surface area (Å²) in [5.41, 5.74) is 0. The summed E-state index contributed by atoms with van der Waals surface area (Å²) >= 11 is 0. The molecular formula is C28H54O4. The molecule has 32 heavy (non-hydrogen) atoms. The Morgan fingerprint density at radius 3 is 1.47 bits per heavy atom.